The number of rotatable bonds is 7. The van der Waals surface area contributed by atoms with E-state index in [0.717, 1.165) is 57.3 Å². The molecule has 8 nitrogen and oxygen atoms in total. The van der Waals surface area contributed by atoms with Crippen LogP contribution < -0.4 is 10.6 Å². The number of ether oxygens (including phenoxy) is 2. The van der Waals surface area contributed by atoms with Gasteiger partial charge in [0, 0.05) is 25.0 Å². The molecule has 0 aromatic heterocycles. The number of piperidine rings is 1. The van der Waals surface area contributed by atoms with Crippen LogP contribution in [0.1, 0.15) is 52.4 Å². The summed E-state index contributed by atoms with van der Waals surface area (Å²) in [5, 5.41) is 0. The van der Waals surface area contributed by atoms with E-state index < -0.39 is 9.84 Å². The lowest BCUT2D eigenvalue weighted by Crippen LogP contribution is -2.44. The molecule has 0 atom stereocenters. The Bertz CT molecular complexity index is 914. The zero-order chi connectivity index (χ0) is 24.0. The van der Waals surface area contributed by atoms with Gasteiger partial charge in [0.2, 0.25) is 0 Å². The SMILES string of the molecule is C=C(N=C(ON)N1CCC(OC2CCC(Oc3ccc(S(C)(=O)=O)cc3)CC2)CC1)C(C)C. The van der Waals surface area contributed by atoms with Crippen molar-refractivity contribution in [3.63, 3.8) is 0 Å². The van der Waals surface area contributed by atoms with Crippen LogP contribution in [-0.2, 0) is 19.4 Å². The van der Waals surface area contributed by atoms with E-state index in [2.05, 4.69) is 11.6 Å². The summed E-state index contributed by atoms with van der Waals surface area (Å²) in [6.07, 6.45) is 7.37. The molecule has 1 heterocycles. The van der Waals surface area contributed by atoms with E-state index in [0.29, 0.717) is 16.7 Å². The number of nitrogens with two attached hydrogens (primary N) is 1. The lowest BCUT2D eigenvalue weighted by molar-refractivity contribution is -0.0626. The minimum absolute atomic E-state index is 0.130. The van der Waals surface area contributed by atoms with Gasteiger partial charge in [-0.2, -0.15) is 5.90 Å². The van der Waals surface area contributed by atoms with Gasteiger partial charge in [-0.15, -0.1) is 0 Å². The molecule has 2 N–H and O–H groups in total. The van der Waals surface area contributed by atoms with E-state index in [1.807, 2.05) is 18.7 Å². The van der Waals surface area contributed by atoms with Crippen LogP contribution in [0.3, 0.4) is 0 Å². The van der Waals surface area contributed by atoms with Gasteiger partial charge in [0.15, 0.2) is 9.84 Å². The first-order chi connectivity index (χ1) is 15.7. The highest BCUT2D eigenvalue weighted by Crippen LogP contribution is 2.28. The van der Waals surface area contributed by atoms with Crippen molar-refractivity contribution in [2.45, 2.75) is 75.6 Å². The van der Waals surface area contributed by atoms with E-state index >= 15 is 0 Å². The summed E-state index contributed by atoms with van der Waals surface area (Å²) in [6.45, 7) is 9.61. The Morgan fingerprint density at radius 3 is 2.09 bits per heavy atom. The number of sulfone groups is 1. The van der Waals surface area contributed by atoms with Crippen LogP contribution in [0.4, 0.5) is 0 Å². The summed E-state index contributed by atoms with van der Waals surface area (Å²) >= 11 is 0. The number of aliphatic imine (C=N–C) groups is 1. The molecule has 1 aromatic rings. The van der Waals surface area contributed by atoms with E-state index in [1.54, 1.807) is 24.3 Å². The van der Waals surface area contributed by atoms with Crippen molar-refractivity contribution in [3.8, 4) is 5.75 Å². The van der Waals surface area contributed by atoms with Gasteiger partial charge >= 0.3 is 6.02 Å². The van der Waals surface area contributed by atoms with Crippen LogP contribution >= 0.6 is 0 Å². The van der Waals surface area contributed by atoms with Gasteiger partial charge < -0.3 is 19.2 Å². The standard InChI is InChI=1S/C24H37N3O5S/c1-17(2)18(3)26-24(32-25)27-15-13-22(14-16-27)31-20-7-5-19(6-8-20)30-21-9-11-23(12-10-21)33(4,28)29/h9-12,17,19-20,22H,3,5-8,13-16,25H2,1-2,4H3. The average Bonchev–Trinajstić information content (AvgIpc) is 2.79. The number of nitrogens with zero attached hydrogens (tertiary/aromatic N) is 2. The molecular formula is C24H37N3O5S. The number of hydrogen-bond acceptors (Lipinski definition) is 7. The lowest BCUT2D eigenvalue weighted by Gasteiger charge is -2.36. The fourth-order valence-corrected chi connectivity index (χ4v) is 4.75. The number of hydrogen-bond donors (Lipinski definition) is 1. The predicted molar refractivity (Wildman–Crippen MR) is 129 cm³/mol. The first-order valence-corrected chi connectivity index (χ1v) is 13.6. The molecular weight excluding hydrogens is 442 g/mol. The van der Waals surface area contributed by atoms with Crippen molar-refractivity contribution in [3.05, 3.63) is 36.5 Å². The second kappa shape index (κ2) is 11.4. The van der Waals surface area contributed by atoms with Crippen LogP contribution in [0, 0.1) is 5.92 Å². The van der Waals surface area contributed by atoms with Crippen molar-refractivity contribution in [1.29, 1.82) is 0 Å². The maximum atomic E-state index is 11.6. The van der Waals surface area contributed by atoms with Crippen LogP contribution in [-0.4, -0.2) is 57.0 Å². The Morgan fingerprint density at radius 1 is 1.03 bits per heavy atom. The Hall–Kier alpha value is -2.10. The summed E-state index contributed by atoms with van der Waals surface area (Å²) in [5.74, 6) is 6.39. The molecule has 9 heteroatoms. The largest absolute Gasteiger partial charge is 0.490 e. The number of allylic oxidation sites excluding steroid dienone is 1. The van der Waals surface area contributed by atoms with Crippen LogP contribution in [0.15, 0.2) is 46.4 Å². The van der Waals surface area contributed by atoms with E-state index in [-0.39, 0.29) is 24.2 Å². The van der Waals surface area contributed by atoms with Crippen molar-refractivity contribution in [2.75, 3.05) is 19.3 Å². The molecule has 1 saturated heterocycles. The molecule has 1 aliphatic heterocycles. The maximum absolute atomic E-state index is 11.6. The van der Waals surface area contributed by atoms with Crippen molar-refractivity contribution >= 4 is 15.9 Å². The number of benzene rings is 1. The van der Waals surface area contributed by atoms with Gasteiger partial charge in [0.1, 0.15) is 5.75 Å². The Kier molecular flexibility index (Phi) is 8.78. The second-order valence-electron chi connectivity index (χ2n) is 9.24. The molecule has 0 amide bonds. The summed E-state index contributed by atoms with van der Waals surface area (Å²) in [5.41, 5.74) is 0.749. The third kappa shape index (κ3) is 7.45. The van der Waals surface area contributed by atoms with Gasteiger partial charge in [-0.05, 0) is 68.7 Å². The van der Waals surface area contributed by atoms with Gasteiger partial charge in [-0.25, -0.2) is 13.4 Å². The molecule has 1 aromatic carbocycles. The summed E-state index contributed by atoms with van der Waals surface area (Å²) in [6, 6.07) is 7.07. The first kappa shape index (κ1) is 25.5. The topological polar surface area (TPSA) is 103 Å². The monoisotopic (exact) mass is 479 g/mol. The second-order valence-corrected chi connectivity index (χ2v) is 11.3. The van der Waals surface area contributed by atoms with Gasteiger partial charge in [0.05, 0.1) is 23.2 Å². The average molecular weight is 480 g/mol. The third-order valence-corrected chi connectivity index (χ3v) is 7.41. The predicted octanol–water partition coefficient (Wildman–Crippen LogP) is 3.68. The molecule has 0 bridgehead atoms. The highest BCUT2D eigenvalue weighted by atomic mass is 32.2. The maximum Gasteiger partial charge on any atom is 0.311 e. The van der Waals surface area contributed by atoms with E-state index in [1.165, 1.54) is 6.26 Å². The van der Waals surface area contributed by atoms with Crippen molar-refractivity contribution < 1.29 is 22.7 Å². The minimum Gasteiger partial charge on any atom is -0.490 e. The number of likely N-dealkylation sites (tertiary alicyclic amines) is 1. The molecule has 2 fully saturated rings. The van der Waals surface area contributed by atoms with E-state index in [4.69, 9.17) is 20.2 Å². The molecule has 1 saturated carbocycles. The molecule has 0 radical (unpaired) electrons. The minimum atomic E-state index is -3.19. The normalized spacial score (nSPS) is 22.9. The fourth-order valence-electron chi connectivity index (χ4n) is 4.12. The quantitative estimate of drug-likeness (QED) is 0.361. The Morgan fingerprint density at radius 2 is 1.58 bits per heavy atom. The third-order valence-electron chi connectivity index (χ3n) is 6.28. The summed E-state index contributed by atoms with van der Waals surface area (Å²) in [7, 11) is -3.19. The molecule has 3 rings (SSSR count). The van der Waals surface area contributed by atoms with Crippen molar-refractivity contribution in [2.24, 2.45) is 16.8 Å². The van der Waals surface area contributed by atoms with Gasteiger partial charge in [0.25, 0.3) is 0 Å². The summed E-state index contributed by atoms with van der Waals surface area (Å²) in [4.78, 5) is 11.8. The van der Waals surface area contributed by atoms with Crippen LogP contribution in [0.2, 0.25) is 0 Å². The molecule has 2 aliphatic rings. The van der Waals surface area contributed by atoms with Crippen LogP contribution in [0.25, 0.3) is 0 Å². The van der Waals surface area contributed by atoms with Crippen molar-refractivity contribution in [1.82, 2.24) is 4.90 Å². The van der Waals surface area contributed by atoms with E-state index in [9.17, 15) is 8.42 Å². The zero-order valence-electron chi connectivity index (χ0n) is 19.9. The Labute approximate surface area is 197 Å². The molecule has 1 aliphatic carbocycles. The molecule has 0 spiro atoms. The Balaban J connectivity index is 1.41. The zero-order valence-corrected chi connectivity index (χ0v) is 20.7. The molecule has 33 heavy (non-hydrogen) atoms. The highest BCUT2D eigenvalue weighted by Gasteiger charge is 2.29. The van der Waals surface area contributed by atoms with Crippen LogP contribution in [0.5, 0.6) is 5.75 Å². The molecule has 0 unspecified atom stereocenters. The van der Waals surface area contributed by atoms with Gasteiger partial charge in [-0.1, -0.05) is 20.4 Å². The number of amidine groups is 1. The lowest BCUT2D eigenvalue weighted by atomic mass is 9.94. The summed E-state index contributed by atoms with van der Waals surface area (Å²) < 4.78 is 35.6. The first-order valence-electron chi connectivity index (χ1n) is 11.7. The fraction of sp³-hybridized carbons (Fsp3) is 0.625. The van der Waals surface area contributed by atoms with Gasteiger partial charge in [-0.3, -0.25) is 0 Å². The molecule has 184 valence electrons. The smallest absolute Gasteiger partial charge is 0.311 e. The highest BCUT2D eigenvalue weighted by molar-refractivity contribution is 7.90.